The quantitative estimate of drug-likeness (QED) is 0.132. The summed E-state index contributed by atoms with van der Waals surface area (Å²) in [6, 6.07) is 47.9. The van der Waals surface area contributed by atoms with Gasteiger partial charge in [0.05, 0.1) is 0 Å². The summed E-state index contributed by atoms with van der Waals surface area (Å²) in [6.07, 6.45) is 4.29. The first-order chi connectivity index (χ1) is 24.9. The van der Waals surface area contributed by atoms with E-state index in [9.17, 15) is 0 Å². The third-order valence-corrected chi connectivity index (χ3v) is 18.2. The van der Waals surface area contributed by atoms with Gasteiger partial charge >= 0.3 is 21.7 Å². The molecule has 5 heteroatoms. The van der Waals surface area contributed by atoms with Gasteiger partial charge in [0.2, 0.25) is 0 Å². The molecule has 0 saturated carbocycles. The van der Waals surface area contributed by atoms with Gasteiger partial charge in [-0.3, -0.25) is 6.08 Å². The van der Waals surface area contributed by atoms with Crippen molar-refractivity contribution < 1.29 is 58.9 Å². The van der Waals surface area contributed by atoms with Gasteiger partial charge in [0, 0.05) is 0 Å². The average molecular weight is 846 g/mol. The molecule has 0 saturated heterocycles. The summed E-state index contributed by atoms with van der Waals surface area (Å²) in [5.74, 6) is 0. The Labute approximate surface area is 371 Å². The van der Waals surface area contributed by atoms with E-state index >= 15 is 0 Å². The van der Waals surface area contributed by atoms with Gasteiger partial charge < -0.3 is 37.2 Å². The van der Waals surface area contributed by atoms with Crippen LogP contribution < -0.4 is 52.8 Å². The number of allylic oxidation sites excluding steroid dienone is 4. The average Bonchev–Trinajstić information content (AvgIpc) is 3.35. The minimum absolute atomic E-state index is 0. The predicted octanol–water partition coefficient (Wildman–Crippen LogP) is 2.88. The van der Waals surface area contributed by atoms with Gasteiger partial charge in [0.25, 0.3) is 0 Å². The van der Waals surface area contributed by atoms with Gasteiger partial charge in [-0.25, -0.2) is 5.57 Å². The van der Waals surface area contributed by atoms with Crippen molar-refractivity contribution in [1.29, 1.82) is 0 Å². The van der Waals surface area contributed by atoms with Crippen LogP contribution in [0.15, 0.2) is 144 Å². The predicted molar refractivity (Wildman–Crippen MR) is 228 cm³/mol. The first-order valence-corrected chi connectivity index (χ1v) is 20.7. The maximum Gasteiger partial charge on any atom is 4.00 e. The molecule has 7 rings (SSSR count). The van der Waals surface area contributed by atoms with Crippen LogP contribution in [0.4, 0.5) is 0 Å². The summed E-state index contributed by atoms with van der Waals surface area (Å²) < 4.78 is 0. The molecule has 6 aromatic carbocycles. The summed E-state index contributed by atoms with van der Waals surface area (Å²) in [7, 11) is -3.17. The Hall–Kier alpha value is -3.40. The molecule has 0 bridgehead atoms. The first-order valence-electron chi connectivity index (χ1n) is 18.7. The molecule has 0 amide bonds. The van der Waals surface area contributed by atoms with Gasteiger partial charge in [-0.15, -0.1) is 6.92 Å². The number of aryl methyl sites for hydroxylation is 3. The van der Waals surface area contributed by atoms with Crippen LogP contribution in [0, 0.1) is 47.6 Å². The van der Waals surface area contributed by atoms with Crippen LogP contribution in [-0.4, -0.2) is 8.07 Å². The fourth-order valence-electron chi connectivity index (χ4n) is 9.33. The molecule has 1 unspecified atom stereocenters. The molecular formula is C51H51Cl3SiTi. The molecular weight excluding hydrogens is 795 g/mol. The van der Waals surface area contributed by atoms with E-state index in [2.05, 4.69) is 203 Å². The largest absolute Gasteiger partial charge is 4.00 e. The number of rotatable bonds is 7. The Kier molecular flexibility index (Phi) is 15.5. The van der Waals surface area contributed by atoms with E-state index in [0.29, 0.717) is 0 Å². The molecule has 0 aliphatic heterocycles. The Balaban J connectivity index is 0.00000210. The number of hydrogen-bond donors (Lipinski definition) is 0. The minimum atomic E-state index is -3.17. The Morgan fingerprint density at radius 3 is 0.964 bits per heavy atom. The van der Waals surface area contributed by atoms with Crippen molar-refractivity contribution in [1.82, 2.24) is 0 Å². The molecule has 284 valence electrons. The molecule has 0 N–H and O–H groups in total. The fraction of sp³-hybridized carbons (Fsp3) is 0.216. The molecule has 0 radical (unpaired) electrons. The van der Waals surface area contributed by atoms with Gasteiger partial charge in [-0.05, 0) is 107 Å². The zero-order valence-electron chi connectivity index (χ0n) is 34.3. The molecule has 1 aliphatic rings. The van der Waals surface area contributed by atoms with Crippen molar-refractivity contribution in [2.24, 2.45) is 0 Å². The van der Waals surface area contributed by atoms with E-state index in [0.717, 1.165) is 0 Å². The smallest absolute Gasteiger partial charge is 1.00 e. The van der Waals surface area contributed by atoms with E-state index in [1.807, 2.05) is 0 Å². The van der Waals surface area contributed by atoms with Crippen molar-refractivity contribution in [3.63, 3.8) is 0 Å². The molecule has 1 atom stereocenters. The van der Waals surface area contributed by atoms with E-state index < -0.39 is 8.07 Å². The van der Waals surface area contributed by atoms with Gasteiger partial charge in [-0.2, -0.15) is 11.1 Å². The molecule has 56 heavy (non-hydrogen) atoms. The normalized spacial score (nSPS) is 14.9. The maximum absolute atomic E-state index is 4.29. The van der Waals surface area contributed by atoms with Gasteiger partial charge in [0.15, 0.2) is 0 Å². The maximum atomic E-state index is 4.29. The van der Waals surface area contributed by atoms with E-state index in [-0.39, 0.29) is 64.0 Å². The number of benzene rings is 6. The fourth-order valence-corrected chi connectivity index (χ4v) is 16.4. The summed E-state index contributed by atoms with van der Waals surface area (Å²) in [5, 5.41) is 4.04. The van der Waals surface area contributed by atoms with Crippen LogP contribution >= 0.6 is 0 Å². The zero-order valence-corrected chi connectivity index (χ0v) is 39.1. The summed E-state index contributed by atoms with van der Waals surface area (Å²) >= 11 is 0. The Morgan fingerprint density at radius 1 is 0.429 bits per heavy atom. The van der Waals surface area contributed by atoms with Crippen molar-refractivity contribution in [3.05, 3.63) is 184 Å². The number of halogens is 3. The second kappa shape index (κ2) is 18.5. The van der Waals surface area contributed by atoms with Gasteiger partial charge in [-0.1, -0.05) is 170 Å². The van der Waals surface area contributed by atoms with E-state index in [1.165, 1.54) is 99.0 Å². The summed E-state index contributed by atoms with van der Waals surface area (Å²) in [4.78, 5) is 0. The van der Waals surface area contributed by atoms with Crippen LogP contribution in [0.3, 0.4) is 0 Å². The summed E-state index contributed by atoms with van der Waals surface area (Å²) in [5.41, 5.74) is 19.8. The number of hydrogen-bond acceptors (Lipinski definition) is 0. The summed E-state index contributed by atoms with van der Waals surface area (Å²) in [6.45, 7) is 23.6. The Morgan fingerprint density at radius 2 is 0.714 bits per heavy atom. The second-order valence-corrected chi connectivity index (χ2v) is 19.5. The van der Waals surface area contributed by atoms with E-state index in [1.54, 1.807) is 0 Å². The molecule has 0 heterocycles. The molecule has 0 fully saturated rings. The second-order valence-electron chi connectivity index (χ2n) is 15.4. The van der Waals surface area contributed by atoms with Crippen LogP contribution in [0.25, 0.3) is 33.4 Å². The molecule has 0 nitrogen and oxygen atoms in total. The molecule has 0 spiro atoms. The SMILES string of the molecule is CC1=[C-]C(C)([Si](c2cc(C)cc(-c3ccccc3)c2C)(c2cc(C)cc(-c3ccccc3)c2C)c2cc(C)cc(-c3ccccc3)c2C)C(C)=C1C.[Cl-].[Cl-].[Cl-].[Ti+4]. The van der Waals surface area contributed by atoms with Crippen molar-refractivity contribution in [2.45, 2.75) is 74.3 Å². The van der Waals surface area contributed by atoms with Gasteiger partial charge in [0.1, 0.15) is 8.07 Å². The third kappa shape index (κ3) is 7.77. The van der Waals surface area contributed by atoms with Crippen LogP contribution in [-0.2, 0) is 21.7 Å². The molecule has 1 aliphatic carbocycles. The van der Waals surface area contributed by atoms with Crippen LogP contribution in [0.1, 0.15) is 61.1 Å². The van der Waals surface area contributed by atoms with Crippen LogP contribution in [0.5, 0.6) is 0 Å². The minimum Gasteiger partial charge on any atom is -1.00 e. The van der Waals surface area contributed by atoms with Crippen molar-refractivity contribution in [3.8, 4) is 33.4 Å². The monoisotopic (exact) mass is 844 g/mol. The van der Waals surface area contributed by atoms with Crippen molar-refractivity contribution in [2.75, 3.05) is 0 Å². The zero-order chi connectivity index (χ0) is 36.9. The third-order valence-electron chi connectivity index (χ3n) is 12.2. The Bertz CT molecular complexity index is 2170. The standard InChI is InChI=1S/C51H51Si.3ClH.Ti/c1-33-26-45(42-20-14-11-15-21-42)38(6)48(29-33)52(51(10)32-36(4)37(5)41(51)9,49-30-34(2)27-46(39(49)7)43-22-16-12-17-23-43)50-31-35(3)28-47(40(50)8)44-24-18-13-19-25-44;;;;/h11-31H,1-10H3;3*1H;/q-1;;;;+4/p-3. The molecule has 0 aromatic heterocycles. The first kappa shape index (κ1) is 47.0. The topological polar surface area (TPSA) is 0 Å². The van der Waals surface area contributed by atoms with Crippen LogP contribution in [0.2, 0.25) is 5.04 Å². The van der Waals surface area contributed by atoms with E-state index in [4.69, 9.17) is 0 Å². The molecule has 6 aromatic rings. The van der Waals surface area contributed by atoms with Crippen molar-refractivity contribution >= 4 is 23.6 Å².